The number of methoxy groups -OCH3 is 1. The van der Waals surface area contributed by atoms with Gasteiger partial charge in [-0.3, -0.25) is 4.79 Å². The monoisotopic (exact) mass is 425 g/mol. The van der Waals surface area contributed by atoms with Crippen LogP contribution in [0.5, 0.6) is 0 Å². The molecule has 3 aromatic rings. The summed E-state index contributed by atoms with van der Waals surface area (Å²) in [5.41, 5.74) is 1.83. The van der Waals surface area contributed by atoms with Crippen LogP contribution in [0.4, 0.5) is 0 Å². The molecule has 0 bridgehead atoms. The number of rotatable bonds is 6. The fourth-order valence-electron chi connectivity index (χ4n) is 3.00. The van der Waals surface area contributed by atoms with E-state index in [4.69, 9.17) is 4.74 Å². The van der Waals surface area contributed by atoms with Crippen molar-refractivity contribution >= 4 is 38.6 Å². The van der Waals surface area contributed by atoms with E-state index in [0.717, 1.165) is 26.4 Å². The molecule has 1 N–H and O–H groups in total. The second-order valence-electron chi connectivity index (χ2n) is 6.30. The highest BCUT2D eigenvalue weighted by molar-refractivity contribution is 9.10. The summed E-state index contributed by atoms with van der Waals surface area (Å²) >= 11 is 3.47. The Morgan fingerprint density at radius 1 is 1.00 bits per heavy atom. The van der Waals surface area contributed by atoms with Crippen LogP contribution in [0, 0.1) is 0 Å². The number of benzene rings is 3. The van der Waals surface area contributed by atoms with Crippen LogP contribution in [-0.2, 0) is 27.2 Å². The van der Waals surface area contributed by atoms with Crippen LogP contribution < -0.4 is 5.32 Å². The quantitative estimate of drug-likeness (QED) is 0.606. The summed E-state index contributed by atoms with van der Waals surface area (Å²) in [6.07, 6.45) is 0.561. The fourth-order valence-corrected chi connectivity index (χ4v) is 3.45. The van der Waals surface area contributed by atoms with Crippen LogP contribution in [0.1, 0.15) is 11.1 Å². The van der Waals surface area contributed by atoms with Gasteiger partial charge in [-0.2, -0.15) is 0 Å². The lowest BCUT2D eigenvalue weighted by Crippen LogP contribution is -2.43. The van der Waals surface area contributed by atoms with Crippen molar-refractivity contribution in [2.24, 2.45) is 0 Å². The average molecular weight is 426 g/mol. The van der Waals surface area contributed by atoms with Gasteiger partial charge >= 0.3 is 5.97 Å². The maximum absolute atomic E-state index is 12.5. The van der Waals surface area contributed by atoms with Crippen molar-refractivity contribution < 1.29 is 14.3 Å². The van der Waals surface area contributed by atoms with E-state index < -0.39 is 12.0 Å². The molecule has 0 heterocycles. The Hall–Kier alpha value is -2.66. The summed E-state index contributed by atoms with van der Waals surface area (Å²) in [6.45, 7) is 0. The topological polar surface area (TPSA) is 55.4 Å². The summed E-state index contributed by atoms with van der Waals surface area (Å²) in [6, 6.07) is 20.8. The fraction of sp³-hybridized carbons (Fsp3) is 0.182. The molecule has 5 heteroatoms. The van der Waals surface area contributed by atoms with Gasteiger partial charge in [0, 0.05) is 10.9 Å². The zero-order valence-electron chi connectivity index (χ0n) is 14.9. The van der Waals surface area contributed by atoms with Gasteiger partial charge in [0.05, 0.1) is 13.5 Å². The molecule has 3 aromatic carbocycles. The number of hydrogen-bond acceptors (Lipinski definition) is 3. The van der Waals surface area contributed by atoms with Gasteiger partial charge in [-0.15, -0.1) is 0 Å². The molecule has 0 aliphatic heterocycles. The van der Waals surface area contributed by atoms with Crippen molar-refractivity contribution in [1.82, 2.24) is 5.32 Å². The number of ether oxygens (including phenoxy) is 1. The standard InChI is InChI=1S/C22H20BrNO3/c1-27-22(26)20(14-18-8-4-5-9-19(18)23)24-21(25)13-15-10-11-16-6-2-3-7-17(16)12-15/h2-12,20H,13-14H2,1H3,(H,24,25)/t20-/m0/s1. The molecule has 0 aliphatic rings. The van der Waals surface area contributed by atoms with Gasteiger partial charge in [-0.05, 0) is 28.0 Å². The van der Waals surface area contributed by atoms with Gasteiger partial charge in [0.2, 0.25) is 5.91 Å². The van der Waals surface area contributed by atoms with Crippen LogP contribution in [0.2, 0.25) is 0 Å². The lowest BCUT2D eigenvalue weighted by atomic mass is 10.0. The maximum Gasteiger partial charge on any atom is 0.328 e. The highest BCUT2D eigenvalue weighted by atomic mass is 79.9. The van der Waals surface area contributed by atoms with E-state index in [1.54, 1.807) is 0 Å². The number of carbonyl (C=O) groups excluding carboxylic acids is 2. The number of fused-ring (bicyclic) bond motifs is 1. The minimum Gasteiger partial charge on any atom is -0.467 e. The van der Waals surface area contributed by atoms with Crippen LogP contribution in [0.3, 0.4) is 0 Å². The first-order chi connectivity index (χ1) is 13.1. The normalized spacial score (nSPS) is 11.8. The number of hydrogen-bond donors (Lipinski definition) is 1. The molecular weight excluding hydrogens is 406 g/mol. The zero-order valence-corrected chi connectivity index (χ0v) is 16.5. The number of esters is 1. The van der Waals surface area contributed by atoms with E-state index in [1.807, 2.05) is 66.7 Å². The Bertz CT molecular complexity index is 970. The Balaban J connectivity index is 1.71. The van der Waals surface area contributed by atoms with Crippen LogP contribution in [0.25, 0.3) is 10.8 Å². The minimum atomic E-state index is -0.735. The molecule has 1 atom stereocenters. The third-order valence-corrected chi connectivity index (χ3v) is 5.15. The Kier molecular flexibility index (Phi) is 6.24. The predicted molar refractivity (Wildman–Crippen MR) is 109 cm³/mol. The van der Waals surface area contributed by atoms with Gasteiger partial charge in [-0.25, -0.2) is 4.79 Å². The second kappa shape index (κ2) is 8.82. The lowest BCUT2D eigenvalue weighted by molar-refractivity contribution is -0.145. The second-order valence-corrected chi connectivity index (χ2v) is 7.15. The molecule has 0 aromatic heterocycles. The largest absolute Gasteiger partial charge is 0.467 e. The predicted octanol–water partition coefficient (Wildman–Crippen LogP) is 4.05. The van der Waals surface area contributed by atoms with Crippen molar-refractivity contribution in [3.05, 3.63) is 82.3 Å². The maximum atomic E-state index is 12.5. The first kappa shape index (κ1) is 19.1. The van der Waals surface area contributed by atoms with Crippen molar-refractivity contribution in [3.63, 3.8) is 0 Å². The first-order valence-electron chi connectivity index (χ1n) is 8.65. The molecule has 138 valence electrons. The number of halogens is 1. The van der Waals surface area contributed by atoms with E-state index in [0.29, 0.717) is 6.42 Å². The molecule has 3 rings (SSSR count). The van der Waals surface area contributed by atoms with Gasteiger partial charge in [-0.1, -0.05) is 76.6 Å². The first-order valence-corrected chi connectivity index (χ1v) is 9.44. The molecule has 27 heavy (non-hydrogen) atoms. The number of amides is 1. The summed E-state index contributed by atoms with van der Waals surface area (Å²) in [5.74, 6) is -0.676. The Morgan fingerprint density at radius 3 is 2.44 bits per heavy atom. The van der Waals surface area contributed by atoms with Crippen molar-refractivity contribution in [2.45, 2.75) is 18.9 Å². The Labute approximate surface area is 166 Å². The summed E-state index contributed by atoms with van der Waals surface area (Å²) in [5, 5.41) is 5.02. The summed E-state index contributed by atoms with van der Waals surface area (Å²) in [7, 11) is 1.32. The minimum absolute atomic E-state index is 0.203. The number of nitrogens with one attached hydrogen (secondary N) is 1. The van der Waals surface area contributed by atoms with Crippen molar-refractivity contribution in [2.75, 3.05) is 7.11 Å². The molecular formula is C22H20BrNO3. The van der Waals surface area contributed by atoms with Crippen LogP contribution in [-0.4, -0.2) is 25.0 Å². The van der Waals surface area contributed by atoms with Gasteiger partial charge < -0.3 is 10.1 Å². The zero-order chi connectivity index (χ0) is 19.2. The van der Waals surface area contributed by atoms with Gasteiger partial charge in [0.15, 0.2) is 0 Å². The molecule has 0 spiro atoms. The van der Waals surface area contributed by atoms with Crippen molar-refractivity contribution in [1.29, 1.82) is 0 Å². The van der Waals surface area contributed by atoms with Crippen LogP contribution >= 0.6 is 15.9 Å². The molecule has 0 radical (unpaired) electrons. The summed E-state index contributed by atoms with van der Waals surface area (Å²) in [4.78, 5) is 24.7. The van der Waals surface area contributed by atoms with E-state index >= 15 is 0 Å². The van der Waals surface area contributed by atoms with Crippen molar-refractivity contribution in [3.8, 4) is 0 Å². The number of carbonyl (C=O) groups is 2. The van der Waals surface area contributed by atoms with Gasteiger partial charge in [0.25, 0.3) is 0 Å². The molecule has 4 nitrogen and oxygen atoms in total. The van der Waals surface area contributed by atoms with E-state index in [-0.39, 0.29) is 12.3 Å². The van der Waals surface area contributed by atoms with Gasteiger partial charge in [0.1, 0.15) is 6.04 Å². The molecule has 0 saturated carbocycles. The molecule has 0 fully saturated rings. The highest BCUT2D eigenvalue weighted by Gasteiger charge is 2.22. The molecule has 0 saturated heterocycles. The molecule has 0 aliphatic carbocycles. The van der Waals surface area contributed by atoms with Crippen LogP contribution in [0.15, 0.2) is 71.2 Å². The smallest absolute Gasteiger partial charge is 0.328 e. The average Bonchev–Trinajstić information content (AvgIpc) is 2.68. The van der Waals surface area contributed by atoms with E-state index in [2.05, 4.69) is 21.2 Å². The lowest BCUT2D eigenvalue weighted by Gasteiger charge is -2.17. The molecule has 0 unspecified atom stereocenters. The third kappa shape index (κ3) is 4.95. The Morgan fingerprint density at radius 2 is 1.70 bits per heavy atom. The highest BCUT2D eigenvalue weighted by Crippen LogP contribution is 2.19. The van der Waals surface area contributed by atoms with E-state index in [9.17, 15) is 9.59 Å². The third-order valence-electron chi connectivity index (χ3n) is 4.38. The summed E-state index contributed by atoms with van der Waals surface area (Å²) < 4.78 is 5.76. The molecule has 1 amide bonds. The van der Waals surface area contributed by atoms with E-state index in [1.165, 1.54) is 7.11 Å². The SMILES string of the molecule is COC(=O)[C@H](Cc1ccccc1Br)NC(=O)Cc1ccc2ccccc2c1.